The summed E-state index contributed by atoms with van der Waals surface area (Å²) < 4.78 is 11.8. The van der Waals surface area contributed by atoms with Gasteiger partial charge in [0.05, 0.1) is 17.7 Å². The quantitative estimate of drug-likeness (QED) is 0.244. The summed E-state index contributed by atoms with van der Waals surface area (Å²) in [5.74, 6) is 1.21. The summed E-state index contributed by atoms with van der Waals surface area (Å²) in [5, 5.41) is 3.03. The smallest absolute Gasteiger partial charge is 0.266 e. The Morgan fingerprint density at radius 3 is 2.46 bits per heavy atom. The molecule has 6 heteroatoms. The van der Waals surface area contributed by atoms with Gasteiger partial charge in [0.1, 0.15) is 6.61 Å². The summed E-state index contributed by atoms with van der Waals surface area (Å²) >= 11 is 1.39. The minimum atomic E-state index is -0.0510. The molecular weight excluding hydrogens is 480 g/mol. The second-order valence-corrected chi connectivity index (χ2v) is 9.96. The van der Waals surface area contributed by atoms with E-state index >= 15 is 0 Å². The van der Waals surface area contributed by atoms with Crippen LogP contribution in [0.4, 0.5) is 5.69 Å². The van der Waals surface area contributed by atoms with E-state index in [1.165, 1.54) is 22.5 Å². The predicted octanol–water partition coefficient (Wildman–Crippen LogP) is 7.44. The lowest BCUT2D eigenvalue weighted by Gasteiger charge is -2.19. The second-order valence-electron chi connectivity index (χ2n) is 8.95. The van der Waals surface area contributed by atoms with Crippen molar-refractivity contribution < 1.29 is 14.3 Å². The second kappa shape index (κ2) is 10.9. The van der Waals surface area contributed by atoms with Gasteiger partial charge in [0.2, 0.25) is 0 Å². The maximum atomic E-state index is 13.2. The van der Waals surface area contributed by atoms with E-state index in [9.17, 15) is 4.79 Å². The standard InChI is InChI=1S/C31H28N2O3S/c1-21(2)33-30(34)29(37-31(33)32-25-13-5-4-6-14-25)19-22-16-17-27(28(18-22)35-3)36-20-24-12-9-11-23-10-7-8-15-26(23)24/h4-19,21H,20H2,1-3H3/b29-19+,32-31?. The highest BCUT2D eigenvalue weighted by Crippen LogP contribution is 2.37. The topological polar surface area (TPSA) is 51.1 Å². The molecule has 0 aromatic heterocycles. The Labute approximate surface area is 221 Å². The first-order chi connectivity index (χ1) is 18.0. The Bertz CT molecular complexity index is 1490. The zero-order valence-electron chi connectivity index (χ0n) is 21.0. The number of benzene rings is 4. The van der Waals surface area contributed by atoms with Crippen LogP contribution in [0.2, 0.25) is 0 Å². The van der Waals surface area contributed by atoms with Crippen LogP contribution in [-0.4, -0.2) is 29.1 Å². The van der Waals surface area contributed by atoms with Gasteiger partial charge < -0.3 is 9.47 Å². The molecule has 0 unspecified atom stereocenters. The van der Waals surface area contributed by atoms with Crippen LogP contribution in [0.25, 0.3) is 16.8 Å². The van der Waals surface area contributed by atoms with Crippen molar-refractivity contribution in [3.8, 4) is 11.5 Å². The Hall–Kier alpha value is -4.03. The molecule has 0 radical (unpaired) electrons. The normalized spacial score (nSPS) is 15.8. The Morgan fingerprint density at radius 2 is 1.68 bits per heavy atom. The molecule has 0 atom stereocenters. The fraction of sp³-hybridized carbons (Fsp3) is 0.161. The molecule has 1 saturated heterocycles. The molecule has 5 nitrogen and oxygen atoms in total. The third-order valence-electron chi connectivity index (χ3n) is 6.08. The van der Waals surface area contributed by atoms with E-state index in [0.717, 1.165) is 16.8 Å². The number of ether oxygens (including phenoxy) is 2. The zero-order chi connectivity index (χ0) is 25.8. The molecule has 1 fully saturated rings. The van der Waals surface area contributed by atoms with E-state index < -0.39 is 0 Å². The summed E-state index contributed by atoms with van der Waals surface area (Å²) in [5.41, 5.74) is 2.78. The molecule has 4 aromatic carbocycles. The van der Waals surface area contributed by atoms with Crippen molar-refractivity contribution in [3.63, 3.8) is 0 Å². The van der Waals surface area contributed by atoms with E-state index in [1.54, 1.807) is 12.0 Å². The van der Waals surface area contributed by atoms with Crippen molar-refractivity contribution in [1.29, 1.82) is 0 Å². The van der Waals surface area contributed by atoms with E-state index in [2.05, 4.69) is 24.3 Å². The molecule has 1 aliphatic heterocycles. The van der Waals surface area contributed by atoms with Crippen LogP contribution in [0.5, 0.6) is 11.5 Å². The average Bonchev–Trinajstić information content (AvgIpc) is 3.22. The molecule has 1 aliphatic rings. The van der Waals surface area contributed by atoms with Crippen molar-refractivity contribution in [2.75, 3.05) is 7.11 Å². The Morgan fingerprint density at radius 1 is 0.919 bits per heavy atom. The maximum absolute atomic E-state index is 13.2. The lowest BCUT2D eigenvalue weighted by molar-refractivity contribution is -0.123. The van der Waals surface area contributed by atoms with Crippen LogP contribution < -0.4 is 9.47 Å². The molecule has 0 spiro atoms. The molecule has 37 heavy (non-hydrogen) atoms. The lowest BCUT2D eigenvalue weighted by atomic mass is 10.1. The molecule has 5 rings (SSSR count). The first kappa shape index (κ1) is 24.7. The zero-order valence-corrected chi connectivity index (χ0v) is 21.9. The maximum Gasteiger partial charge on any atom is 0.266 e. The number of para-hydroxylation sites is 1. The number of hydrogen-bond donors (Lipinski definition) is 0. The van der Waals surface area contributed by atoms with Gasteiger partial charge in [-0.2, -0.15) is 0 Å². The molecule has 1 heterocycles. The number of carbonyl (C=O) groups excluding carboxylic acids is 1. The van der Waals surface area contributed by atoms with Gasteiger partial charge in [0.15, 0.2) is 16.7 Å². The van der Waals surface area contributed by atoms with Gasteiger partial charge in [-0.3, -0.25) is 9.69 Å². The number of nitrogens with zero attached hydrogens (tertiary/aromatic N) is 2. The first-order valence-corrected chi connectivity index (χ1v) is 13.0. The molecule has 0 bridgehead atoms. The minimum Gasteiger partial charge on any atom is -0.493 e. The van der Waals surface area contributed by atoms with Crippen molar-refractivity contribution in [3.05, 3.63) is 107 Å². The van der Waals surface area contributed by atoms with Crippen LogP contribution in [0.3, 0.4) is 0 Å². The first-order valence-electron chi connectivity index (χ1n) is 12.2. The largest absolute Gasteiger partial charge is 0.493 e. The number of carbonyl (C=O) groups is 1. The number of methoxy groups -OCH3 is 1. The minimum absolute atomic E-state index is 0.00672. The van der Waals surface area contributed by atoms with Crippen molar-refractivity contribution in [2.45, 2.75) is 26.5 Å². The number of hydrogen-bond acceptors (Lipinski definition) is 5. The van der Waals surface area contributed by atoms with Gasteiger partial charge >= 0.3 is 0 Å². The number of rotatable bonds is 7. The summed E-state index contributed by atoms with van der Waals surface area (Å²) in [7, 11) is 1.62. The van der Waals surface area contributed by atoms with Crippen molar-refractivity contribution in [2.24, 2.45) is 4.99 Å². The molecule has 186 valence electrons. The number of amides is 1. The molecule has 0 saturated carbocycles. The predicted molar refractivity (Wildman–Crippen MR) is 152 cm³/mol. The van der Waals surface area contributed by atoms with Crippen LogP contribution in [0.15, 0.2) is 101 Å². The van der Waals surface area contributed by atoms with Gasteiger partial charge in [-0.25, -0.2) is 4.99 Å². The van der Waals surface area contributed by atoms with E-state index in [4.69, 9.17) is 14.5 Å². The Kier molecular flexibility index (Phi) is 7.28. The van der Waals surface area contributed by atoms with Crippen LogP contribution in [0.1, 0.15) is 25.0 Å². The van der Waals surface area contributed by atoms with Crippen LogP contribution >= 0.6 is 11.8 Å². The van der Waals surface area contributed by atoms with Gasteiger partial charge in [-0.1, -0.05) is 66.7 Å². The summed E-state index contributed by atoms with van der Waals surface area (Å²) in [6, 6.07) is 29.9. The van der Waals surface area contributed by atoms with Crippen molar-refractivity contribution >= 4 is 45.4 Å². The molecule has 4 aromatic rings. The number of thioether (sulfide) groups is 1. The Balaban J connectivity index is 1.38. The van der Waals surface area contributed by atoms with Crippen molar-refractivity contribution in [1.82, 2.24) is 4.90 Å². The molecular formula is C31H28N2O3S. The average molecular weight is 509 g/mol. The summed E-state index contributed by atoms with van der Waals surface area (Å²) in [4.78, 5) is 20.3. The van der Waals surface area contributed by atoms with Crippen LogP contribution in [-0.2, 0) is 11.4 Å². The highest BCUT2D eigenvalue weighted by molar-refractivity contribution is 8.18. The number of amidine groups is 1. The number of aliphatic imine (C=N–C) groups is 1. The lowest BCUT2D eigenvalue weighted by Crippen LogP contribution is -2.35. The van der Waals surface area contributed by atoms with Gasteiger partial charge in [-0.15, -0.1) is 0 Å². The fourth-order valence-corrected chi connectivity index (χ4v) is 5.37. The highest BCUT2D eigenvalue weighted by atomic mass is 32.2. The number of fused-ring (bicyclic) bond motifs is 1. The van der Waals surface area contributed by atoms with Gasteiger partial charge in [0.25, 0.3) is 5.91 Å². The fourth-order valence-electron chi connectivity index (χ4n) is 4.25. The van der Waals surface area contributed by atoms with E-state index in [-0.39, 0.29) is 11.9 Å². The van der Waals surface area contributed by atoms with Crippen LogP contribution in [0, 0.1) is 0 Å². The highest BCUT2D eigenvalue weighted by Gasteiger charge is 2.35. The summed E-state index contributed by atoms with van der Waals surface area (Å²) in [6.45, 7) is 4.41. The summed E-state index contributed by atoms with van der Waals surface area (Å²) in [6.07, 6.45) is 1.88. The van der Waals surface area contributed by atoms with E-state index in [1.807, 2.05) is 86.7 Å². The monoisotopic (exact) mass is 508 g/mol. The van der Waals surface area contributed by atoms with Gasteiger partial charge in [0, 0.05) is 6.04 Å². The SMILES string of the molecule is COc1cc(/C=C2/SC(=Nc3ccccc3)N(C(C)C)C2=O)ccc1OCc1cccc2ccccc12. The molecule has 1 amide bonds. The van der Waals surface area contributed by atoms with E-state index in [0.29, 0.717) is 28.2 Å². The third kappa shape index (κ3) is 5.39. The molecule has 0 aliphatic carbocycles. The molecule has 0 N–H and O–H groups in total. The van der Waals surface area contributed by atoms with Gasteiger partial charge in [-0.05, 0) is 77.9 Å². The third-order valence-corrected chi connectivity index (χ3v) is 7.07.